The van der Waals surface area contributed by atoms with Crippen LogP contribution in [0, 0.1) is 0 Å². The standard InChI is InChI=1S/C14H20O2/c1-11(2)12-5-3-6-13(9-12)16-10-14-7-4-8-15-14/h3,5-6,9,11,14H,4,7-8,10H2,1-2H3/t14-/m0/s1. The third-order valence-corrected chi connectivity index (χ3v) is 2.98. The predicted molar refractivity (Wildman–Crippen MR) is 65.0 cm³/mol. The van der Waals surface area contributed by atoms with Gasteiger partial charge in [0, 0.05) is 6.61 Å². The summed E-state index contributed by atoms with van der Waals surface area (Å²) < 4.78 is 11.3. The van der Waals surface area contributed by atoms with Crippen molar-refractivity contribution < 1.29 is 9.47 Å². The van der Waals surface area contributed by atoms with Crippen LogP contribution in [0.2, 0.25) is 0 Å². The number of hydrogen-bond donors (Lipinski definition) is 0. The van der Waals surface area contributed by atoms with E-state index in [1.807, 2.05) is 6.07 Å². The third kappa shape index (κ3) is 2.99. The predicted octanol–water partition coefficient (Wildman–Crippen LogP) is 3.37. The molecule has 2 rings (SSSR count). The average Bonchev–Trinajstić information content (AvgIpc) is 2.79. The minimum atomic E-state index is 0.294. The minimum absolute atomic E-state index is 0.294. The average molecular weight is 220 g/mol. The second-order valence-electron chi connectivity index (χ2n) is 4.67. The third-order valence-electron chi connectivity index (χ3n) is 2.98. The lowest BCUT2D eigenvalue weighted by Gasteiger charge is -2.13. The first kappa shape index (κ1) is 11.5. The lowest BCUT2D eigenvalue weighted by molar-refractivity contribution is 0.0679. The summed E-state index contributed by atoms with van der Waals surface area (Å²) in [5.74, 6) is 1.51. The highest BCUT2D eigenvalue weighted by molar-refractivity contribution is 5.30. The maximum Gasteiger partial charge on any atom is 0.119 e. The Labute approximate surface area is 97.6 Å². The first-order valence-electron chi connectivity index (χ1n) is 6.10. The molecule has 1 aliphatic rings. The van der Waals surface area contributed by atoms with Gasteiger partial charge >= 0.3 is 0 Å². The van der Waals surface area contributed by atoms with E-state index in [1.165, 1.54) is 12.0 Å². The molecule has 0 unspecified atom stereocenters. The van der Waals surface area contributed by atoms with E-state index in [0.29, 0.717) is 18.6 Å². The Morgan fingerprint density at radius 3 is 3.00 bits per heavy atom. The number of ether oxygens (including phenoxy) is 2. The molecule has 0 aliphatic carbocycles. The molecule has 1 aliphatic heterocycles. The lowest BCUT2D eigenvalue weighted by Crippen LogP contribution is -2.16. The molecular weight excluding hydrogens is 200 g/mol. The molecule has 1 aromatic carbocycles. The Hall–Kier alpha value is -1.02. The van der Waals surface area contributed by atoms with Crippen LogP contribution >= 0.6 is 0 Å². The van der Waals surface area contributed by atoms with Crippen molar-refractivity contribution >= 4 is 0 Å². The zero-order valence-electron chi connectivity index (χ0n) is 10.1. The van der Waals surface area contributed by atoms with E-state index in [1.54, 1.807) is 0 Å². The van der Waals surface area contributed by atoms with Crippen LogP contribution < -0.4 is 4.74 Å². The molecule has 16 heavy (non-hydrogen) atoms. The van der Waals surface area contributed by atoms with Gasteiger partial charge in [0.2, 0.25) is 0 Å². The highest BCUT2D eigenvalue weighted by Gasteiger charge is 2.15. The van der Waals surface area contributed by atoms with Crippen molar-refractivity contribution in [3.8, 4) is 5.75 Å². The second kappa shape index (κ2) is 5.35. The maximum absolute atomic E-state index is 5.76. The van der Waals surface area contributed by atoms with E-state index in [4.69, 9.17) is 9.47 Å². The van der Waals surface area contributed by atoms with Crippen molar-refractivity contribution in [3.63, 3.8) is 0 Å². The molecule has 0 aromatic heterocycles. The van der Waals surface area contributed by atoms with Crippen molar-refractivity contribution in [2.45, 2.75) is 38.7 Å². The van der Waals surface area contributed by atoms with E-state index in [9.17, 15) is 0 Å². The van der Waals surface area contributed by atoms with Gasteiger partial charge < -0.3 is 9.47 Å². The van der Waals surface area contributed by atoms with Crippen LogP contribution in [-0.4, -0.2) is 19.3 Å². The van der Waals surface area contributed by atoms with Crippen molar-refractivity contribution in [1.82, 2.24) is 0 Å². The van der Waals surface area contributed by atoms with Crippen LogP contribution in [0.3, 0.4) is 0 Å². The molecule has 88 valence electrons. The molecule has 1 fully saturated rings. The fourth-order valence-corrected chi connectivity index (χ4v) is 1.93. The van der Waals surface area contributed by atoms with Gasteiger partial charge in [-0.1, -0.05) is 26.0 Å². The summed E-state index contributed by atoms with van der Waals surface area (Å²) in [4.78, 5) is 0. The largest absolute Gasteiger partial charge is 0.491 e. The van der Waals surface area contributed by atoms with Gasteiger partial charge in [0.15, 0.2) is 0 Å². The quantitative estimate of drug-likeness (QED) is 0.774. The summed E-state index contributed by atoms with van der Waals surface area (Å²) >= 11 is 0. The summed E-state index contributed by atoms with van der Waals surface area (Å²) in [5.41, 5.74) is 1.32. The molecular formula is C14H20O2. The van der Waals surface area contributed by atoms with E-state index in [2.05, 4.69) is 32.0 Å². The molecule has 0 bridgehead atoms. The number of rotatable bonds is 4. The van der Waals surface area contributed by atoms with Gasteiger partial charge in [0.25, 0.3) is 0 Å². The van der Waals surface area contributed by atoms with Crippen molar-refractivity contribution in [1.29, 1.82) is 0 Å². The molecule has 1 heterocycles. The molecule has 0 saturated carbocycles. The van der Waals surface area contributed by atoms with Gasteiger partial charge in [-0.15, -0.1) is 0 Å². The Morgan fingerprint density at radius 2 is 2.31 bits per heavy atom. The van der Waals surface area contributed by atoms with Gasteiger partial charge in [-0.2, -0.15) is 0 Å². The maximum atomic E-state index is 5.76. The van der Waals surface area contributed by atoms with Crippen molar-refractivity contribution in [2.75, 3.05) is 13.2 Å². The Bertz CT molecular complexity index is 327. The smallest absolute Gasteiger partial charge is 0.119 e. The zero-order chi connectivity index (χ0) is 11.4. The molecule has 2 heteroatoms. The van der Waals surface area contributed by atoms with E-state index < -0.39 is 0 Å². The van der Waals surface area contributed by atoms with Crippen molar-refractivity contribution in [2.24, 2.45) is 0 Å². The highest BCUT2D eigenvalue weighted by atomic mass is 16.5. The molecule has 2 nitrogen and oxygen atoms in total. The Morgan fingerprint density at radius 1 is 1.44 bits per heavy atom. The van der Waals surface area contributed by atoms with E-state index in [-0.39, 0.29) is 0 Å². The van der Waals surface area contributed by atoms with Gasteiger partial charge in [-0.25, -0.2) is 0 Å². The molecule has 1 aromatic rings. The van der Waals surface area contributed by atoms with Gasteiger partial charge in [-0.3, -0.25) is 0 Å². The SMILES string of the molecule is CC(C)c1cccc(OC[C@@H]2CCCO2)c1. The van der Waals surface area contributed by atoms with Gasteiger partial charge in [-0.05, 0) is 36.5 Å². The normalized spacial score (nSPS) is 20.3. The second-order valence-corrected chi connectivity index (χ2v) is 4.67. The summed E-state index contributed by atoms with van der Waals surface area (Å²) in [6.07, 6.45) is 2.59. The number of hydrogen-bond acceptors (Lipinski definition) is 2. The van der Waals surface area contributed by atoms with E-state index >= 15 is 0 Å². The molecule has 0 N–H and O–H groups in total. The van der Waals surface area contributed by atoms with Gasteiger partial charge in [0.1, 0.15) is 12.4 Å². The minimum Gasteiger partial charge on any atom is -0.491 e. The first-order chi connectivity index (χ1) is 7.75. The van der Waals surface area contributed by atoms with E-state index in [0.717, 1.165) is 18.8 Å². The van der Waals surface area contributed by atoms with Crippen LogP contribution in [0.1, 0.15) is 38.2 Å². The molecule has 0 spiro atoms. The van der Waals surface area contributed by atoms with Crippen LogP contribution in [-0.2, 0) is 4.74 Å². The summed E-state index contributed by atoms with van der Waals surface area (Å²) in [6, 6.07) is 8.34. The highest BCUT2D eigenvalue weighted by Crippen LogP contribution is 2.21. The van der Waals surface area contributed by atoms with Crippen molar-refractivity contribution in [3.05, 3.63) is 29.8 Å². The molecule has 1 saturated heterocycles. The van der Waals surface area contributed by atoms with Crippen LogP contribution in [0.4, 0.5) is 0 Å². The van der Waals surface area contributed by atoms with Gasteiger partial charge in [0.05, 0.1) is 6.10 Å². The lowest BCUT2D eigenvalue weighted by atomic mass is 10.0. The van der Waals surface area contributed by atoms with Crippen LogP contribution in [0.25, 0.3) is 0 Å². The topological polar surface area (TPSA) is 18.5 Å². The summed E-state index contributed by atoms with van der Waals surface area (Å²) in [7, 11) is 0. The van der Waals surface area contributed by atoms with Crippen LogP contribution in [0.15, 0.2) is 24.3 Å². The fourth-order valence-electron chi connectivity index (χ4n) is 1.93. The monoisotopic (exact) mass is 220 g/mol. The zero-order valence-corrected chi connectivity index (χ0v) is 10.1. The Balaban J connectivity index is 1.90. The summed E-state index contributed by atoms with van der Waals surface area (Å²) in [5, 5.41) is 0. The van der Waals surface area contributed by atoms with Crippen LogP contribution in [0.5, 0.6) is 5.75 Å². The first-order valence-corrected chi connectivity index (χ1v) is 6.10. The molecule has 1 atom stereocenters. The Kier molecular flexibility index (Phi) is 3.83. The molecule has 0 radical (unpaired) electrons. The fraction of sp³-hybridized carbons (Fsp3) is 0.571. The summed E-state index contributed by atoms with van der Waals surface area (Å²) in [6.45, 7) is 5.96. The number of benzene rings is 1. The molecule has 0 amide bonds.